The second-order valence-corrected chi connectivity index (χ2v) is 4.16. The van der Waals surface area contributed by atoms with E-state index in [1.807, 2.05) is 0 Å². The molecule has 0 unspecified atom stereocenters. The van der Waals surface area contributed by atoms with Gasteiger partial charge in [-0.25, -0.2) is 9.18 Å². The minimum Gasteiger partial charge on any atom is -0.407 e. The zero-order chi connectivity index (χ0) is 12.2. The van der Waals surface area contributed by atoms with Crippen LogP contribution in [0, 0.1) is 5.82 Å². The van der Waals surface area contributed by atoms with Crippen LogP contribution in [0.3, 0.4) is 0 Å². The van der Waals surface area contributed by atoms with Crippen molar-refractivity contribution in [2.24, 2.45) is 5.73 Å². The molecule has 0 aromatic heterocycles. The van der Waals surface area contributed by atoms with Gasteiger partial charge in [0, 0.05) is 12.1 Å². The number of nitrogens with two attached hydrogens (primary N) is 1. The van der Waals surface area contributed by atoms with Crippen LogP contribution in [0.4, 0.5) is 9.18 Å². The van der Waals surface area contributed by atoms with E-state index in [9.17, 15) is 9.18 Å². The summed E-state index contributed by atoms with van der Waals surface area (Å²) in [5.41, 5.74) is 5.13. The molecule has 0 aliphatic carbocycles. The minimum atomic E-state index is -0.719. The van der Waals surface area contributed by atoms with Gasteiger partial charge in [0.1, 0.15) is 0 Å². The maximum Gasteiger partial charge on any atom is 0.412 e. The standard InChI is InChI=1S/C11H15FN2O2/c1-11(2,13)7-14-10(15)16-9-6-4-3-5-8(9)12/h3-6H,7,13H2,1-2H3,(H,14,15). The number of rotatable bonds is 3. The third kappa shape index (κ3) is 4.27. The summed E-state index contributed by atoms with van der Waals surface area (Å²) in [7, 11) is 0. The summed E-state index contributed by atoms with van der Waals surface area (Å²) in [5.74, 6) is -0.681. The van der Waals surface area contributed by atoms with Gasteiger partial charge in [0.2, 0.25) is 0 Å². The van der Waals surface area contributed by atoms with Crippen molar-refractivity contribution < 1.29 is 13.9 Å². The zero-order valence-corrected chi connectivity index (χ0v) is 9.29. The van der Waals surface area contributed by atoms with Crippen molar-refractivity contribution in [3.63, 3.8) is 0 Å². The fourth-order valence-corrected chi connectivity index (χ4v) is 0.963. The Morgan fingerprint density at radius 1 is 1.50 bits per heavy atom. The third-order valence-electron chi connectivity index (χ3n) is 1.73. The Kier molecular flexibility index (Phi) is 3.84. The van der Waals surface area contributed by atoms with Crippen LogP contribution in [-0.4, -0.2) is 18.2 Å². The van der Waals surface area contributed by atoms with Gasteiger partial charge in [-0.3, -0.25) is 0 Å². The highest BCUT2D eigenvalue weighted by atomic mass is 19.1. The summed E-state index contributed by atoms with van der Waals surface area (Å²) in [6.45, 7) is 3.77. The highest BCUT2D eigenvalue weighted by molar-refractivity contribution is 5.70. The summed E-state index contributed by atoms with van der Waals surface area (Å²) in [4.78, 5) is 11.3. The van der Waals surface area contributed by atoms with E-state index < -0.39 is 17.4 Å². The summed E-state index contributed by atoms with van der Waals surface area (Å²) >= 11 is 0. The Morgan fingerprint density at radius 3 is 2.69 bits per heavy atom. The number of amides is 1. The number of hydrogen-bond donors (Lipinski definition) is 2. The molecule has 4 nitrogen and oxygen atoms in total. The first-order valence-corrected chi connectivity index (χ1v) is 4.87. The van der Waals surface area contributed by atoms with Crippen LogP contribution in [0.2, 0.25) is 0 Å². The molecule has 1 aromatic carbocycles. The lowest BCUT2D eigenvalue weighted by atomic mass is 10.1. The first-order valence-electron chi connectivity index (χ1n) is 4.87. The number of halogens is 1. The summed E-state index contributed by atoms with van der Waals surface area (Å²) in [5, 5.41) is 2.45. The van der Waals surface area contributed by atoms with E-state index in [0.717, 1.165) is 0 Å². The molecule has 1 rings (SSSR count). The molecule has 0 atom stereocenters. The van der Waals surface area contributed by atoms with Crippen LogP contribution in [0.1, 0.15) is 13.8 Å². The fraction of sp³-hybridized carbons (Fsp3) is 0.364. The van der Waals surface area contributed by atoms with E-state index in [1.54, 1.807) is 19.9 Å². The van der Waals surface area contributed by atoms with E-state index >= 15 is 0 Å². The van der Waals surface area contributed by atoms with Crippen molar-refractivity contribution in [1.82, 2.24) is 5.32 Å². The minimum absolute atomic E-state index is 0.102. The molecule has 0 saturated carbocycles. The van der Waals surface area contributed by atoms with Gasteiger partial charge in [-0.05, 0) is 26.0 Å². The Balaban J connectivity index is 2.50. The van der Waals surface area contributed by atoms with E-state index in [1.165, 1.54) is 18.2 Å². The largest absolute Gasteiger partial charge is 0.412 e. The number of benzene rings is 1. The molecular formula is C11H15FN2O2. The van der Waals surface area contributed by atoms with Gasteiger partial charge in [-0.1, -0.05) is 12.1 Å². The lowest BCUT2D eigenvalue weighted by molar-refractivity contribution is 0.196. The SMILES string of the molecule is CC(C)(N)CNC(=O)Oc1ccccc1F. The molecule has 1 amide bonds. The van der Waals surface area contributed by atoms with E-state index in [4.69, 9.17) is 10.5 Å². The lowest BCUT2D eigenvalue weighted by Crippen LogP contribution is -2.45. The van der Waals surface area contributed by atoms with Crippen LogP contribution in [0.5, 0.6) is 5.75 Å². The number of ether oxygens (including phenoxy) is 1. The molecule has 16 heavy (non-hydrogen) atoms. The van der Waals surface area contributed by atoms with Crippen LogP contribution < -0.4 is 15.8 Å². The van der Waals surface area contributed by atoms with Crippen molar-refractivity contribution >= 4 is 6.09 Å². The van der Waals surface area contributed by atoms with E-state index in [2.05, 4.69) is 5.32 Å². The van der Waals surface area contributed by atoms with Gasteiger partial charge in [0.15, 0.2) is 11.6 Å². The third-order valence-corrected chi connectivity index (χ3v) is 1.73. The van der Waals surface area contributed by atoms with Gasteiger partial charge in [-0.15, -0.1) is 0 Å². The molecular weight excluding hydrogens is 211 g/mol. The summed E-state index contributed by atoms with van der Waals surface area (Å²) in [6, 6.07) is 5.69. The molecule has 0 bridgehead atoms. The van der Waals surface area contributed by atoms with Gasteiger partial charge in [0.25, 0.3) is 0 Å². The van der Waals surface area contributed by atoms with Crippen molar-refractivity contribution in [1.29, 1.82) is 0 Å². The molecule has 3 N–H and O–H groups in total. The normalized spacial score (nSPS) is 11.0. The van der Waals surface area contributed by atoms with Gasteiger partial charge in [0.05, 0.1) is 0 Å². The molecule has 0 saturated heterocycles. The van der Waals surface area contributed by atoms with Gasteiger partial charge in [-0.2, -0.15) is 0 Å². The Hall–Kier alpha value is -1.62. The van der Waals surface area contributed by atoms with Crippen LogP contribution in [0.25, 0.3) is 0 Å². The second kappa shape index (κ2) is 4.94. The molecule has 0 aliphatic rings. The first-order chi connectivity index (χ1) is 7.38. The molecule has 0 fully saturated rings. The average molecular weight is 226 g/mol. The predicted molar refractivity (Wildman–Crippen MR) is 58.7 cm³/mol. The van der Waals surface area contributed by atoms with Gasteiger partial charge < -0.3 is 15.8 Å². The monoisotopic (exact) mass is 226 g/mol. The smallest absolute Gasteiger partial charge is 0.407 e. The van der Waals surface area contributed by atoms with Crippen LogP contribution in [0.15, 0.2) is 24.3 Å². The number of carbonyl (C=O) groups excluding carboxylic acids is 1. The predicted octanol–water partition coefficient (Wildman–Crippen LogP) is 1.65. The van der Waals surface area contributed by atoms with Gasteiger partial charge >= 0.3 is 6.09 Å². The highest BCUT2D eigenvalue weighted by Crippen LogP contribution is 2.15. The molecule has 0 spiro atoms. The summed E-state index contributed by atoms with van der Waals surface area (Å²) in [6.07, 6.45) is -0.719. The van der Waals surface area contributed by atoms with Crippen LogP contribution in [-0.2, 0) is 0 Å². The van der Waals surface area contributed by atoms with Crippen molar-refractivity contribution in [2.45, 2.75) is 19.4 Å². The van der Waals surface area contributed by atoms with E-state index in [0.29, 0.717) is 0 Å². The molecule has 5 heteroatoms. The Bertz CT molecular complexity index is 374. The molecule has 1 aromatic rings. The molecule has 0 aliphatic heterocycles. The van der Waals surface area contributed by atoms with Crippen molar-refractivity contribution in [3.8, 4) is 5.75 Å². The first kappa shape index (κ1) is 12.4. The average Bonchev–Trinajstić information content (AvgIpc) is 2.18. The maximum absolute atomic E-state index is 13.1. The quantitative estimate of drug-likeness (QED) is 0.823. The van der Waals surface area contributed by atoms with Crippen molar-refractivity contribution in [3.05, 3.63) is 30.1 Å². The number of hydrogen-bond acceptors (Lipinski definition) is 3. The number of carbonyl (C=O) groups is 1. The fourth-order valence-electron chi connectivity index (χ4n) is 0.963. The Morgan fingerprint density at radius 2 is 2.12 bits per heavy atom. The number of para-hydroxylation sites is 1. The zero-order valence-electron chi connectivity index (χ0n) is 9.29. The Labute approximate surface area is 93.6 Å². The molecule has 0 heterocycles. The second-order valence-electron chi connectivity index (χ2n) is 4.16. The number of nitrogens with one attached hydrogen (secondary N) is 1. The lowest BCUT2D eigenvalue weighted by Gasteiger charge is -2.18. The summed E-state index contributed by atoms with van der Waals surface area (Å²) < 4.78 is 17.9. The van der Waals surface area contributed by atoms with E-state index in [-0.39, 0.29) is 12.3 Å². The molecule has 88 valence electrons. The highest BCUT2D eigenvalue weighted by Gasteiger charge is 2.14. The maximum atomic E-state index is 13.1. The molecule has 0 radical (unpaired) electrons. The van der Waals surface area contributed by atoms with Crippen LogP contribution >= 0.6 is 0 Å². The van der Waals surface area contributed by atoms with Crippen molar-refractivity contribution in [2.75, 3.05) is 6.54 Å². The topological polar surface area (TPSA) is 64.3 Å².